The fourth-order valence-electron chi connectivity index (χ4n) is 2.59. The standard InChI is InChI=1S/C16H10O4/c17-7-11-9-3-1-2-4-10(9)12(8-18)16-14(20)6-5-13(19)15(11)16/h1-8,19-20H. The van der Waals surface area contributed by atoms with Crippen molar-refractivity contribution in [2.45, 2.75) is 0 Å². The fourth-order valence-corrected chi connectivity index (χ4v) is 2.59. The molecular weight excluding hydrogens is 256 g/mol. The third kappa shape index (κ3) is 1.48. The number of fused-ring (bicyclic) bond motifs is 2. The molecule has 4 heteroatoms. The molecule has 3 rings (SSSR count). The van der Waals surface area contributed by atoms with Crippen molar-refractivity contribution in [1.82, 2.24) is 0 Å². The van der Waals surface area contributed by atoms with E-state index in [-0.39, 0.29) is 33.4 Å². The number of carbonyl (C=O) groups excluding carboxylic acids is 2. The minimum absolute atomic E-state index is 0.145. The first kappa shape index (κ1) is 12.2. The summed E-state index contributed by atoms with van der Waals surface area (Å²) >= 11 is 0. The van der Waals surface area contributed by atoms with Crippen LogP contribution in [0.3, 0.4) is 0 Å². The van der Waals surface area contributed by atoms with E-state index in [9.17, 15) is 19.8 Å². The number of hydrogen-bond acceptors (Lipinski definition) is 4. The zero-order chi connectivity index (χ0) is 14.3. The number of carbonyl (C=O) groups is 2. The molecule has 0 unspecified atom stereocenters. The number of rotatable bonds is 2. The van der Waals surface area contributed by atoms with Crippen LogP contribution in [0.4, 0.5) is 0 Å². The first-order valence-electron chi connectivity index (χ1n) is 5.98. The molecule has 0 amide bonds. The number of aldehydes is 2. The number of phenolic OH excluding ortho intramolecular Hbond substituents is 2. The van der Waals surface area contributed by atoms with Crippen LogP contribution in [0.15, 0.2) is 36.4 Å². The van der Waals surface area contributed by atoms with Gasteiger partial charge < -0.3 is 10.2 Å². The van der Waals surface area contributed by atoms with Gasteiger partial charge in [-0.3, -0.25) is 9.59 Å². The van der Waals surface area contributed by atoms with Crippen LogP contribution in [0, 0.1) is 0 Å². The molecule has 0 radical (unpaired) electrons. The highest BCUT2D eigenvalue weighted by molar-refractivity contribution is 6.22. The molecule has 20 heavy (non-hydrogen) atoms. The Labute approximate surface area is 113 Å². The van der Waals surface area contributed by atoms with E-state index >= 15 is 0 Å². The molecule has 0 aliphatic rings. The van der Waals surface area contributed by atoms with Crippen LogP contribution in [0.1, 0.15) is 20.7 Å². The predicted octanol–water partition coefficient (Wildman–Crippen LogP) is 3.03. The Bertz CT molecular complexity index is 793. The summed E-state index contributed by atoms with van der Waals surface area (Å²) in [6.07, 6.45) is 1.25. The van der Waals surface area contributed by atoms with Crippen molar-refractivity contribution < 1.29 is 19.8 Å². The second-order valence-electron chi connectivity index (χ2n) is 4.46. The lowest BCUT2D eigenvalue weighted by Gasteiger charge is -2.12. The van der Waals surface area contributed by atoms with Gasteiger partial charge in [0.2, 0.25) is 0 Å². The molecule has 0 spiro atoms. The molecule has 0 aliphatic carbocycles. The Hall–Kier alpha value is -2.88. The molecule has 0 saturated heterocycles. The Balaban J connectivity index is 2.77. The van der Waals surface area contributed by atoms with Gasteiger partial charge in [-0.2, -0.15) is 0 Å². The lowest BCUT2D eigenvalue weighted by molar-refractivity contribution is 0.111. The molecule has 0 saturated carbocycles. The van der Waals surface area contributed by atoms with Gasteiger partial charge in [-0.1, -0.05) is 24.3 Å². The van der Waals surface area contributed by atoms with Crippen LogP contribution < -0.4 is 0 Å². The summed E-state index contributed by atoms with van der Waals surface area (Å²) in [4.78, 5) is 22.8. The van der Waals surface area contributed by atoms with Gasteiger partial charge in [-0.05, 0) is 22.9 Å². The van der Waals surface area contributed by atoms with E-state index in [1.807, 2.05) is 0 Å². The third-order valence-electron chi connectivity index (χ3n) is 3.44. The van der Waals surface area contributed by atoms with E-state index in [1.54, 1.807) is 24.3 Å². The van der Waals surface area contributed by atoms with E-state index in [0.29, 0.717) is 23.3 Å². The van der Waals surface area contributed by atoms with Gasteiger partial charge in [-0.15, -0.1) is 0 Å². The van der Waals surface area contributed by atoms with E-state index in [0.717, 1.165) is 0 Å². The van der Waals surface area contributed by atoms with Crippen molar-refractivity contribution >= 4 is 34.1 Å². The Morgan fingerprint density at radius 1 is 0.700 bits per heavy atom. The Kier molecular flexibility index (Phi) is 2.64. The van der Waals surface area contributed by atoms with Crippen molar-refractivity contribution in [3.8, 4) is 11.5 Å². The second-order valence-corrected chi connectivity index (χ2v) is 4.46. The maximum Gasteiger partial charge on any atom is 0.151 e. The van der Waals surface area contributed by atoms with Crippen LogP contribution in [-0.4, -0.2) is 22.8 Å². The lowest BCUT2D eigenvalue weighted by atomic mass is 9.92. The third-order valence-corrected chi connectivity index (χ3v) is 3.44. The van der Waals surface area contributed by atoms with E-state index in [2.05, 4.69) is 0 Å². The minimum Gasteiger partial charge on any atom is -0.507 e. The largest absolute Gasteiger partial charge is 0.507 e. The molecule has 2 N–H and O–H groups in total. The van der Waals surface area contributed by atoms with Crippen LogP contribution >= 0.6 is 0 Å². The topological polar surface area (TPSA) is 74.6 Å². The molecule has 98 valence electrons. The summed E-state index contributed by atoms with van der Waals surface area (Å²) in [6, 6.07) is 9.50. The number of hydrogen-bond donors (Lipinski definition) is 2. The highest BCUT2D eigenvalue weighted by Crippen LogP contribution is 2.40. The van der Waals surface area contributed by atoms with Crippen LogP contribution in [0.5, 0.6) is 11.5 Å². The van der Waals surface area contributed by atoms with Crippen LogP contribution in [0.25, 0.3) is 21.5 Å². The Morgan fingerprint density at radius 2 is 1.10 bits per heavy atom. The maximum absolute atomic E-state index is 11.4. The second kappa shape index (κ2) is 4.35. The summed E-state index contributed by atoms with van der Waals surface area (Å²) in [7, 11) is 0. The van der Waals surface area contributed by atoms with Crippen molar-refractivity contribution in [1.29, 1.82) is 0 Å². The monoisotopic (exact) mass is 266 g/mol. The van der Waals surface area contributed by atoms with Gasteiger partial charge in [0.15, 0.2) is 12.6 Å². The van der Waals surface area contributed by atoms with Gasteiger partial charge >= 0.3 is 0 Å². The molecule has 3 aromatic carbocycles. The summed E-state index contributed by atoms with van der Waals surface area (Å²) in [5.74, 6) is -0.289. The highest BCUT2D eigenvalue weighted by Gasteiger charge is 2.18. The zero-order valence-corrected chi connectivity index (χ0v) is 10.3. The van der Waals surface area contributed by atoms with Gasteiger partial charge in [-0.25, -0.2) is 0 Å². The van der Waals surface area contributed by atoms with E-state index < -0.39 is 0 Å². The fraction of sp³-hybridized carbons (Fsp3) is 0. The van der Waals surface area contributed by atoms with Crippen LogP contribution in [0.2, 0.25) is 0 Å². The number of aromatic hydroxyl groups is 2. The quantitative estimate of drug-likeness (QED) is 0.424. The van der Waals surface area contributed by atoms with Crippen molar-refractivity contribution in [2.24, 2.45) is 0 Å². The molecule has 3 aromatic rings. The first-order valence-corrected chi connectivity index (χ1v) is 5.98. The van der Waals surface area contributed by atoms with E-state index in [1.165, 1.54) is 12.1 Å². The summed E-state index contributed by atoms with van der Waals surface area (Å²) in [5, 5.41) is 21.5. The molecule has 0 aromatic heterocycles. The maximum atomic E-state index is 11.4. The number of benzene rings is 3. The van der Waals surface area contributed by atoms with Gasteiger partial charge in [0.1, 0.15) is 11.5 Å². The summed E-state index contributed by atoms with van der Waals surface area (Å²) in [5.41, 5.74) is 0.518. The molecule has 0 bridgehead atoms. The first-order chi connectivity index (χ1) is 9.69. The predicted molar refractivity (Wildman–Crippen MR) is 75.6 cm³/mol. The SMILES string of the molecule is O=Cc1c2ccccc2c(C=O)c2c(O)ccc(O)c12. The zero-order valence-electron chi connectivity index (χ0n) is 10.3. The van der Waals surface area contributed by atoms with Gasteiger partial charge in [0.25, 0.3) is 0 Å². The van der Waals surface area contributed by atoms with Crippen LogP contribution in [-0.2, 0) is 0 Å². The van der Waals surface area contributed by atoms with Gasteiger partial charge in [0.05, 0.1) is 0 Å². The Morgan fingerprint density at radius 3 is 1.45 bits per heavy atom. The smallest absolute Gasteiger partial charge is 0.151 e. The molecule has 0 fully saturated rings. The average Bonchev–Trinajstić information content (AvgIpc) is 2.48. The van der Waals surface area contributed by atoms with E-state index in [4.69, 9.17) is 0 Å². The molecule has 4 nitrogen and oxygen atoms in total. The average molecular weight is 266 g/mol. The minimum atomic E-state index is -0.145. The molecule has 0 heterocycles. The normalized spacial score (nSPS) is 10.8. The van der Waals surface area contributed by atoms with Crippen molar-refractivity contribution in [2.75, 3.05) is 0 Å². The molecule has 0 atom stereocenters. The van der Waals surface area contributed by atoms with Crippen molar-refractivity contribution in [3.05, 3.63) is 47.5 Å². The molecular formula is C16H10O4. The number of phenols is 2. The van der Waals surface area contributed by atoms with Crippen molar-refractivity contribution in [3.63, 3.8) is 0 Å². The lowest BCUT2D eigenvalue weighted by Crippen LogP contribution is -1.94. The summed E-state index contributed by atoms with van der Waals surface area (Å²) in [6.45, 7) is 0. The highest BCUT2D eigenvalue weighted by atomic mass is 16.3. The van der Waals surface area contributed by atoms with Gasteiger partial charge in [0, 0.05) is 21.9 Å². The summed E-state index contributed by atoms with van der Waals surface area (Å²) < 4.78 is 0. The molecule has 0 aliphatic heterocycles.